The second-order valence-electron chi connectivity index (χ2n) is 2.29. The minimum absolute atomic E-state index is 0.168. The molecule has 0 spiro atoms. The van der Waals surface area contributed by atoms with Crippen LogP contribution >= 0.6 is 11.5 Å². The smallest absolute Gasteiger partial charge is 0.219 e. The zero-order valence-electron chi connectivity index (χ0n) is 6.14. The molecule has 4 heteroatoms. The zero-order chi connectivity index (χ0) is 8.39. The van der Waals surface area contributed by atoms with Crippen molar-refractivity contribution in [3.8, 4) is 16.3 Å². The first-order valence-corrected chi connectivity index (χ1v) is 4.22. The highest BCUT2D eigenvalue weighted by Gasteiger charge is 2.06. The normalized spacial score (nSPS) is 10.0. The summed E-state index contributed by atoms with van der Waals surface area (Å²) in [6.45, 7) is 0. The molecule has 1 aromatic carbocycles. The Balaban J connectivity index is 2.51. The van der Waals surface area contributed by atoms with E-state index in [1.54, 1.807) is 0 Å². The molecule has 0 radical (unpaired) electrons. The van der Waals surface area contributed by atoms with Crippen LogP contribution in [0.25, 0.3) is 11.3 Å². The topological polar surface area (TPSA) is 46.0 Å². The average Bonchev–Trinajstić information content (AvgIpc) is 2.53. The van der Waals surface area contributed by atoms with E-state index in [0.717, 1.165) is 17.1 Å². The molecule has 1 heterocycles. The lowest BCUT2D eigenvalue weighted by Crippen LogP contribution is -1.76. The molecule has 0 aliphatic carbocycles. The van der Waals surface area contributed by atoms with E-state index in [4.69, 9.17) is 0 Å². The molecule has 0 fully saturated rings. The molecular weight excluding hydrogens is 172 g/mol. The zero-order valence-corrected chi connectivity index (χ0v) is 6.95. The molecule has 2 aromatic rings. The number of rotatable bonds is 1. The summed E-state index contributed by atoms with van der Waals surface area (Å²) in [6, 6.07) is 9.48. The number of hydrogen-bond acceptors (Lipinski definition) is 4. The number of hydrogen-bond donors (Lipinski definition) is 1. The Morgan fingerprint density at radius 1 is 1.17 bits per heavy atom. The molecule has 0 unspecified atom stereocenters. The van der Waals surface area contributed by atoms with E-state index < -0.39 is 0 Å². The van der Waals surface area contributed by atoms with Crippen LogP contribution in [0.1, 0.15) is 0 Å². The highest BCUT2D eigenvalue weighted by Crippen LogP contribution is 2.28. The van der Waals surface area contributed by atoms with E-state index in [1.165, 1.54) is 0 Å². The maximum Gasteiger partial charge on any atom is 0.219 e. The predicted molar refractivity (Wildman–Crippen MR) is 47.0 cm³/mol. The molecule has 0 aliphatic rings. The van der Waals surface area contributed by atoms with E-state index in [0.29, 0.717) is 5.69 Å². The first-order chi connectivity index (χ1) is 5.88. The standard InChI is InChI=1S/C8H6N2OS/c11-8-7(9-10-12-8)6-4-2-1-3-5-6/h1-5,11H. The quantitative estimate of drug-likeness (QED) is 0.725. The van der Waals surface area contributed by atoms with Crippen molar-refractivity contribution in [2.75, 3.05) is 0 Å². The Morgan fingerprint density at radius 2 is 1.92 bits per heavy atom. The molecule has 0 saturated carbocycles. The summed E-state index contributed by atoms with van der Waals surface area (Å²) in [4.78, 5) is 0. The van der Waals surface area contributed by atoms with Crippen LogP contribution in [0.15, 0.2) is 30.3 Å². The third kappa shape index (κ3) is 1.16. The number of aromatic nitrogens is 2. The summed E-state index contributed by atoms with van der Waals surface area (Å²) in [7, 11) is 0. The lowest BCUT2D eigenvalue weighted by molar-refractivity contribution is 0.491. The fraction of sp³-hybridized carbons (Fsp3) is 0. The summed E-state index contributed by atoms with van der Waals surface area (Å²) in [5.74, 6) is 0. The Labute approximate surface area is 73.5 Å². The second-order valence-corrected chi connectivity index (χ2v) is 3.03. The van der Waals surface area contributed by atoms with Gasteiger partial charge in [0.15, 0.2) is 0 Å². The lowest BCUT2D eigenvalue weighted by atomic mass is 10.2. The maximum atomic E-state index is 9.30. The van der Waals surface area contributed by atoms with Crippen LogP contribution in [0.2, 0.25) is 0 Å². The maximum absolute atomic E-state index is 9.30. The summed E-state index contributed by atoms with van der Waals surface area (Å²) >= 11 is 0.994. The van der Waals surface area contributed by atoms with Crippen molar-refractivity contribution in [2.24, 2.45) is 0 Å². The molecule has 12 heavy (non-hydrogen) atoms. The highest BCUT2D eigenvalue weighted by molar-refractivity contribution is 7.07. The van der Waals surface area contributed by atoms with Gasteiger partial charge in [-0.3, -0.25) is 0 Å². The van der Waals surface area contributed by atoms with E-state index >= 15 is 0 Å². The molecule has 0 amide bonds. The third-order valence-corrected chi connectivity index (χ3v) is 2.05. The van der Waals surface area contributed by atoms with E-state index in [-0.39, 0.29) is 5.06 Å². The second kappa shape index (κ2) is 2.91. The van der Waals surface area contributed by atoms with Crippen LogP contribution in [0.4, 0.5) is 0 Å². The number of benzene rings is 1. The van der Waals surface area contributed by atoms with Gasteiger partial charge in [0.25, 0.3) is 0 Å². The minimum Gasteiger partial charge on any atom is -0.497 e. The van der Waals surface area contributed by atoms with Gasteiger partial charge in [0.2, 0.25) is 5.06 Å². The van der Waals surface area contributed by atoms with Gasteiger partial charge < -0.3 is 5.11 Å². The molecule has 0 aliphatic heterocycles. The summed E-state index contributed by atoms with van der Waals surface area (Å²) in [6.07, 6.45) is 0. The fourth-order valence-electron chi connectivity index (χ4n) is 0.963. The molecule has 0 atom stereocenters. The van der Waals surface area contributed by atoms with Gasteiger partial charge in [0.05, 0.1) is 0 Å². The Hall–Kier alpha value is -1.42. The van der Waals surface area contributed by atoms with Gasteiger partial charge in [0, 0.05) is 17.1 Å². The highest BCUT2D eigenvalue weighted by atomic mass is 32.1. The number of nitrogens with zero attached hydrogens (tertiary/aromatic N) is 2. The van der Waals surface area contributed by atoms with Crippen molar-refractivity contribution in [3.05, 3.63) is 30.3 Å². The third-order valence-electron chi connectivity index (χ3n) is 1.52. The number of aromatic hydroxyl groups is 1. The summed E-state index contributed by atoms with van der Waals surface area (Å²) in [5.41, 5.74) is 1.45. The van der Waals surface area contributed by atoms with Gasteiger partial charge in [-0.2, -0.15) is 0 Å². The minimum atomic E-state index is 0.168. The van der Waals surface area contributed by atoms with Gasteiger partial charge in [-0.25, -0.2) is 0 Å². The van der Waals surface area contributed by atoms with Crippen molar-refractivity contribution in [1.82, 2.24) is 9.59 Å². The van der Waals surface area contributed by atoms with Crippen molar-refractivity contribution in [2.45, 2.75) is 0 Å². The van der Waals surface area contributed by atoms with Crippen LogP contribution < -0.4 is 0 Å². The van der Waals surface area contributed by atoms with Crippen molar-refractivity contribution in [1.29, 1.82) is 0 Å². The van der Waals surface area contributed by atoms with E-state index in [9.17, 15) is 5.11 Å². The molecule has 3 nitrogen and oxygen atoms in total. The molecule has 0 bridgehead atoms. The van der Waals surface area contributed by atoms with E-state index in [2.05, 4.69) is 9.59 Å². The van der Waals surface area contributed by atoms with Crippen LogP contribution in [0.3, 0.4) is 0 Å². The van der Waals surface area contributed by atoms with Crippen LogP contribution in [0.5, 0.6) is 5.06 Å². The Morgan fingerprint density at radius 3 is 2.50 bits per heavy atom. The van der Waals surface area contributed by atoms with E-state index in [1.807, 2.05) is 30.3 Å². The molecule has 2 rings (SSSR count). The fourth-order valence-corrected chi connectivity index (χ4v) is 1.41. The molecule has 1 N–H and O–H groups in total. The largest absolute Gasteiger partial charge is 0.497 e. The first-order valence-electron chi connectivity index (χ1n) is 3.44. The summed E-state index contributed by atoms with van der Waals surface area (Å²) < 4.78 is 3.64. The monoisotopic (exact) mass is 178 g/mol. The van der Waals surface area contributed by atoms with Crippen molar-refractivity contribution < 1.29 is 5.11 Å². The molecule has 0 saturated heterocycles. The van der Waals surface area contributed by atoms with Crippen molar-refractivity contribution >= 4 is 11.5 Å². The van der Waals surface area contributed by atoms with Gasteiger partial charge in [0.1, 0.15) is 5.69 Å². The van der Waals surface area contributed by atoms with Crippen LogP contribution in [-0.4, -0.2) is 14.7 Å². The first kappa shape index (κ1) is 7.24. The van der Waals surface area contributed by atoms with Crippen molar-refractivity contribution in [3.63, 3.8) is 0 Å². The lowest BCUT2D eigenvalue weighted by Gasteiger charge is -1.93. The van der Waals surface area contributed by atoms with Crippen LogP contribution in [-0.2, 0) is 0 Å². The molecule has 60 valence electrons. The van der Waals surface area contributed by atoms with Gasteiger partial charge >= 0.3 is 0 Å². The molecule has 1 aromatic heterocycles. The van der Waals surface area contributed by atoms with Gasteiger partial charge in [-0.15, -0.1) is 5.10 Å². The SMILES string of the molecule is Oc1snnc1-c1ccccc1. The summed E-state index contributed by atoms with van der Waals surface area (Å²) in [5, 5.41) is 13.3. The van der Waals surface area contributed by atoms with Crippen LogP contribution in [0, 0.1) is 0 Å². The Bertz CT molecular complexity index is 372. The predicted octanol–water partition coefficient (Wildman–Crippen LogP) is 1.91. The average molecular weight is 178 g/mol. The van der Waals surface area contributed by atoms with Gasteiger partial charge in [-0.05, 0) is 0 Å². The van der Waals surface area contributed by atoms with Gasteiger partial charge in [-0.1, -0.05) is 34.8 Å². The Kier molecular flexibility index (Phi) is 1.75. The molecular formula is C8H6N2OS.